The van der Waals surface area contributed by atoms with Crippen molar-refractivity contribution >= 4 is 23.5 Å². The zero-order valence-corrected chi connectivity index (χ0v) is 9.50. The molecule has 3 rings (SSSR count). The molecule has 0 amide bonds. The first-order valence-corrected chi connectivity index (χ1v) is 6.10. The molecule has 2 aromatic heterocycles. The van der Waals surface area contributed by atoms with Crippen LogP contribution in [-0.4, -0.2) is 12.8 Å². The number of carbonyl (C=O) groups excluding carboxylic acids is 1. The maximum atomic E-state index is 10.5. The van der Waals surface area contributed by atoms with Crippen LogP contribution in [0.5, 0.6) is 0 Å². The molecule has 0 N–H and O–H groups in total. The van der Waals surface area contributed by atoms with Crippen molar-refractivity contribution in [1.29, 1.82) is 0 Å². The number of nitrogens with zero attached hydrogens (tertiary/aromatic N) is 1. The summed E-state index contributed by atoms with van der Waals surface area (Å²) < 4.78 is 5.43. The van der Waals surface area contributed by atoms with Crippen molar-refractivity contribution in [1.82, 2.24) is 0 Å². The van der Waals surface area contributed by atoms with Gasteiger partial charge in [0, 0.05) is 24.0 Å². The molecule has 0 saturated heterocycles. The first-order chi connectivity index (χ1) is 7.86. The summed E-state index contributed by atoms with van der Waals surface area (Å²) in [5.41, 5.74) is 1.38. The van der Waals surface area contributed by atoms with E-state index in [2.05, 4.69) is 16.3 Å². The summed E-state index contributed by atoms with van der Waals surface area (Å²) in [5, 5.41) is 2.13. The van der Waals surface area contributed by atoms with Gasteiger partial charge < -0.3 is 9.32 Å². The van der Waals surface area contributed by atoms with Gasteiger partial charge in [0.25, 0.3) is 0 Å². The summed E-state index contributed by atoms with van der Waals surface area (Å²) >= 11 is 1.82. The Labute approximate surface area is 97.3 Å². The molecule has 0 spiro atoms. The molecular formula is C12H11NO2S. The highest BCUT2D eigenvalue weighted by molar-refractivity contribution is 7.10. The summed E-state index contributed by atoms with van der Waals surface area (Å²) in [6.07, 6.45) is 1.80. The molecule has 0 fully saturated rings. The number of furan rings is 1. The third kappa shape index (κ3) is 1.55. The monoisotopic (exact) mass is 233 g/mol. The minimum Gasteiger partial charge on any atom is -0.438 e. The molecule has 0 atom stereocenters. The third-order valence-corrected chi connectivity index (χ3v) is 3.87. The second kappa shape index (κ2) is 3.79. The minimum atomic E-state index is 0.395. The van der Waals surface area contributed by atoms with Crippen LogP contribution in [0.25, 0.3) is 0 Å². The Morgan fingerprint density at radius 3 is 3.12 bits per heavy atom. The van der Waals surface area contributed by atoms with Crippen molar-refractivity contribution in [2.24, 2.45) is 0 Å². The number of anilines is 1. The highest BCUT2D eigenvalue weighted by atomic mass is 32.1. The van der Waals surface area contributed by atoms with Crippen molar-refractivity contribution in [2.75, 3.05) is 11.4 Å². The number of thiophene rings is 1. The molecule has 0 aromatic carbocycles. The molecular weight excluding hydrogens is 222 g/mol. The summed E-state index contributed by atoms with van der Waals surface area (Å²) in [7, 11) is 0. The van der Waals surface area contributed by atoms with Crippen LogP contribution in [0.4, 0.5) is 5.88 Å². The maximum Gasteiger partial charge on any atom is 0.196 e. The van der Waals surface area contributed by atoms with Gasteiger partial charge in [-0.1, -0.05) is 0 Å². The van der Waals surface area contributed by atoms with E-state index in [1.165, 1.54) is 10.4 Å². The van der Waals surface area contributed by atoms with Gasteiger partial charge in [-0.05, 0) is 29.5 Å². The SMILES string of the molecule is O=Cc1ccc(N2CCc3sccc3C2)o1. The van der Waals surface area contributed by atoms with Gasteiger partial charge in [0.05, 0.1) is 0 Å². The van der Waals surface area contributed by atoms with Gasteiger partial charge in [0.15, 0.2) is 17.9 Å². The van der Waals surface area contributed by atoms with Crippen molar-refractivity contribution in [2.45, 2.75) is 13.0 Å². The molecule has 0 aliphatic carbocycles. The van der Waals surface area contributed by atoms with E-state index in [1.54, 1.807) is 6.07 Å². The Kier molecular flexibility index (Phi) is 2.29. The smallest absolute Gasteiger partial charge is 0.196 e. The maximum absolute atomic E-state index is 10.5. The summed E-state index contributed by atoms with van der Waals surface area (Å²) in [5.74, 6) is 1.19. The van der Waals surface area contributed by atoms with Gasteiger partial charge in [-0.25, -0.2) is 0 Å². The molecule has 16 heavy (non-hydrogen) atoms. The molecule has 2 aromatic rings. The number of hydrogen-bond donors (Lipinski definition) is 0. The van der Waals surface area contributed by atoms with Crippen LogP contribution in [0.1, 0.15) is 21.0 Å². The fourth-order valence-corrected chi connectivity index (χ4v) is 2.90. The molecule has 4 heteroatoms. The van der Waals surface area contributed by atoms with E-state index in [1.807, 2.05) is 17.4 Å². The number of hydrogen-bond acceptors (Lipinski definition) is 4. The zero-order valence-electron chi connectivity index (χ0n) is 8.68. The van der Waals surface area contributed by atoms with Crippen LogP contribution in [0.15, 0.2) is 28.0 Å². The van der Waals surface area contributed by atoms with Crippen LogP contribution in [-0.2, 0) is 13.0 Å². The van der Waals surface area contributed by atoms with Gasteiger partial charge in [-0.15, -0.1) is 11.3 Å². The molecule has 0 unspecified atom stereocenters. The molecule has 1 aliphatic rings. The number of carbonyl (C=O) groups is 1. The second-order valence-electron chi connectivity index (χ2n) is 3.83. The zero-order chi connectivity index (χ0) is 11.0. The Morgan fingerprint density at radius 2 is 2.31 bits per heavy atom. The van der Waals surface area contributed by atoms with Crippen LogP contribution >= 0.6 is 11.3 Å². The Hall–Kier alpha value is -1.55. The van der Waals surface area contributed by atoms with Gasteiger partial charge in [-0.3, -0.25) is 4.79 Å². The fraction of sp³-hybridized carbons (Fsp3) is 0.250. The quantitative estimate of drug-likeness (QED) is 0.748. The molecule has 0 radical (unpaired) electrons. The van der Waals surface area contributed by atoms with Crippen molar-refractivity contribution in [3.05, 3.63) is 39.8 Å². The van der Waals surface area contributed by atoms with E-state index in [0.29, 0.717) is 5.76 Å². The van der Waals surface area contributed by atoms with Gasteiger partial charge >= 0.3 is 0 Å². The highest BCUT2D eigenvalue weighted by Gasteiger charge is 2.19. The van der Waals surface area contributed by atoms with E-state index < -0.39 is 0 Å². The Morgan fingerprint density at radius 1 is 1.38 bits per heavy atom. The number of fused-ring (bicyclic) bond motifs is 1. The minimum absolute atomic E-state index is 0.395. The van der Waals surface area contributed by atoms with Crippen LogP contribution in [0, 0.1) is 0 Å². The summed E-state index contributed by atoms with van der Waals surface area (Å²) in [6.45, 7) is 1.84. The van der Waals surface area contributed by atoms with Crippen molar-refractivity contribution in [3.8, 4) is 0 Å². The van der Waals surface area contributed by atoms with E-state index in [0.717, 1.165) is 31.7 Å². The molecule has 0 saturated carbocycles. The standard InChI is InChI=1S/C12H11NO2S/c14-8-10-1-2-12(15-10)13-5-3-11-9(7-13)4-6-16-11/h1-2,4,6,8H,3,5,7H2. The lowest BCUT2D eigenvalue weighted by molar-refractivity contribution is 0.110. The van der Waals surface area contributed by atoms with E-state index >= 15 is 0 Å². The lowest BCUT2D eigenvalue weighted by Crippen LogP contribution is -2.28. The normalized spacial score (nSPS) is 14.9. The highest BCUT2D eigenvalue weighted by Crippen LogP contribution is 2.28. The average Bonchev–Trinajstić information content (AvgIpc) is 2.96. The van der Waals surface area contributed by atoms with Gasteiger partial charge in [0.1, 0.15) is 0 Å². The van der Waals surface area contributed by atoms with Crippen molar-refractivity contribution < 1.29 is 9.21 Å². The molecule has 0 bridgehead atoms. The topological polar surface area (TPSA) is 33.5 Å². The Bertz CT molecular complexity index is 515. The van der Waals surface area contributed by atoms with E-state index in [4.69, 9.17) is 4.42 Å². The van der Waals surface area contributed by atoms with Gasteiger partial charge in [0.2, 0.25) is 0 Å². The number of rotatable bonds is 2. The Balaban J connectivity index is 1.85. The van der Waals surface area contributed by atoms with Gasteiger partial charge in [-0.2, -0.15) is 0 Å². The second-order valence-corrected chi connectivity index (χ2v) is 4.84. The first kappa shape index (κ1) is 9.66. The largest absolute Gasteiger partial charge is 0.438 e. The summed E-state index contributed by atoms with van der Waals surface area (Å²) in [6, 6.07) is 5.74. The predicted octanol–water partition coefficient (Wildman–Crippen LogP) is 2.72. The van der Waals surface area contributed by atoms with Crippen molar-refractivity contribution in [3.63, 3.8) is 0 Å². The van der Waals surface area contributed by atoms with Crippen LogP contribution < -0.4 is 4.90 Å². The van der Waals surface area contributed by atoms with E-state index in [-0.39, 0.29) is 0 Å². The predicted molar refractivity (Wildman–Crippen MR) is 63.2 cm³/mol. The first-order valence-electron chi connectivity index (χ1n) is 5.22. The fourth-order valence-electron chi connectivity index (χ4n) is 2.01. The lowest BCUT2D eigenvalue weighted by Gasteiger charge is -2.26. The summed E-state index contributed by atoms with van der Waals surface area (Å²) in [4.78, 5) is 14.2. The molecule has 1 aliphatic heterocycles. The molecule has 82 valence electrons. The van der Waals surface area contributed by atoms with Crippen LogP contribution in [0.3, 0.4) is 0 Å². The number of aldehydes is 1. The lowest BCUT2D eigenvalue weighted by atomic mass is 10.1. The third-order valence-electron chi connectivity index (χ3n) is 2.85. The molecule has 3 heterocycles. The van der Waals surface area contributed by atoms with Crippen LogP contribution in [0.2, 0.25) is 0 Å². The van der Waals surface area contributed by atoms with E-state index in [9.17, 15) is 4.79 Å². The average molecular weight is 233 g/mol. The molecule has 3 nitrogen and oxygen atoms in total.